The molecule has 0 saturated carbocycles. The van der Waals surface area contributed by atoms with Crippen molar-refractivity contribution in [2.24, 2.45) is 17.8 Å². The number of aliphatic carboxylic acids is 3. The van der Waals surface area contributed by atoms with Crippen molar-refractivity contribution < 1.29 is 34.2 Å². The Morgan fingerprint density at radius 2 is 0.949 bits per heavy atom. The van der Waals surface area contributed by atoms with Gasteiger partial charge in [-0.1, -0.05) is 91.1 Å². The van der Waals surface area contributed by atoms with Crippen molar-refractivity contribution in [3.05, 3.63) is 12.7 Å². The maximum Gasteiger partial charge on any atom is 0.306 e. The highest BCUT2D eigenvalue weighted by Gasteiger charge is 2.30. The van der Waals surface area contributed by atoms with E-state index in [1.165, 1.54) is 64.2 Å². The van der Waals surface area contributed by atoms with E-state index in [0.29, 0.717) is 43.4 Å². The summed E-state index contributed by atoms with van der Waals surface area (Å²) in [7, 11) is 0. The first-order valence-electron chi connectivity index (χ1n) is 15.7. The molecule has 0 aromatic rings. The first kappa shape index (κ1) is 37.1. The Morgan fingerprint density at radius 1 is 0.615 bits per heavy atom. The molecule has 0 aromatic heterocycles. The number of unbranched alkanes of at least 4 members (excludes halogenated alkanes) is 13. The summed E-state index contributed by atoms with van der Waals surface area (Å²) in [4.78, 5) is 34.3. The highest BCUT2D eigenvalue weighted by molar-refractivity contribution is 5.69. The zero-order chi connectivity index (χ0) is 29.5. The quantitative estimate of drug-likeness (QED) is 0.0654. The van der Waals surface area contributed by atoms with Crippen LogP contribution in [0.15, 0.2) is 12.7 Å². The number of carboxylic acid groups (broad SMARTS) is 3. The zero-order valence-corrected chi connectivity index (χ0v) is 25.3. The maximum atomic E-state index is 11.5. The van der Waals surface area contributed by atoms with Crippen LogP contribution >= 0.6 is 0 Å². The van der Waals surface area contributed by atoms with Crippen LogP contribution < -0.4 is 5.11 Å². The highest BCUT2D eigenvalue weighted by atomic mass is 16.4. The van der Waals surface area contributed by atoms with Crippen molar-refractivity contribution in [1.82, 2.24) is 0 Å². The van der Waals surface area contributed by atoms with E-state index in [4.69, 9.17) is 0 Å². The maximum absolute atomic E-state index is 11.5. The molecule has 0 fully saturated rings. The normalized spacial score (nSPS) is 15.3. The number of carbonyl (C=O) groups excluding carboxylic acids is 1. The molecule has 39 heavy (non-hydrogen) atoms. The Kier molecular flexibility index (Phi) is 21.8. The molecule has 3 atom stereocenters. The third kappa shape index (κ3) is 19.8. The van der Waals surface area contributed by atoms with E-state index < -0.39 is 35.7 Å². The van der Waals surface area contributed by atoms with Crippen LogP contribution in [-0.4, -0.2) is 58.8 Å². The van der Waals surface area contributed by atoms with Gasteiger partial charge in [0.05, 0.1) is 38.0 Å². The van der Waals surface area contributed by atoms with E-state index in [9.17, 15) is 29.7 Å². The minimum Gasteiger partial charge on any atom is -0.550 e. The van der Waals surface area contributed by atoms with E-state index in [0.717, 1.165) is 32.2 Å². The second kappa shape index (κ2) is 22.9. The van der Waals surface area contributed by atoms with Gasteiger partial charge in [-0.25, -0.2) is 0 Å². The molecule has 7 nitrogen and oxygen atoms in total. The minimum absolute atomic E-state index is 0.445. The number of hydrogen-bond acceptors (Lipinski definition) is 4. The number of carboxylic acids is 3. The molecule has 0 aliphatic rings. The van der Waals surface area contributed by atoms with Gasteiger partial charge in [0, 0.05) is 31.1 Å². The third-order valence-corrected chi connectivity index (χ3v) is 8.40. The number of allylic oxidation sites excluding steroid dienone is 1. The van der Waals surface area contributed by atoms with Gasteiger partial charge in [-0.15, -0.1) is 6.58 Å². The molecular formula is C32H59NO6. The number of quaternary nitrogens is 1. The van der Waals surface area contributed by atoms with Gasteiger partial charge < -0.3 is 24.6 Å². The number of rotatable bonds is 28. The average molecular weight is 554 g/mol. The predicted octanol–water partition coefficient (Wildman–Crippen LogP) is 6.45. The molecule has 3 unspecified atom stereocenters. The summed E-state index contributed by atoms with van der Waals surface area (Å²) in [5.41, 5.74) is 0. The summed E-state index contributed by atoms with van der Waals surface area (Å²) in [6, 6.07) is 0. The summed E-state index contributed by atoms with van der Waals surface area (Å²) in [6.45, 7) is 11.5. The topological polar surface area (TPSA) is 115 Å². The molecule has 0 heterocycles. The molecule has 0 radical (unpaired) electrons. The Morgan fingerprint density at radius 3 is 1.28 bits per heavy atom. The van der Waals surface area contributed by atoms with Crippen molar-refractivity contribution in [2.75, 3.05) is 26.2 Å². The summed E-state index contributed by atoms with van der Waals surface area (Å²) in [5.74, 6) is -4.31. The largest absolute Gasteiger partial charge is 0.550 e. The Hall–Kier alpha value is -1.89. The molecule has 2 N–H and O–H groups in total. The van der Waals surface area contributed by atoms with Crippen molar-refractivity contribution in [1.29, 1.82) is 0 Å². The molecule has 7 heteroatoms. The van der Waals surface area contributed by atoms with Gasteiger partial charge in [-0.2, -0.15) is 0 Å². The number of nitrogens with zero attached hydrogens (tertiary/aromatic N) is 1. The molecule has 0 aromatic carbocycles. The van der Waals surface area contributed by atoms with E-state index in [-0.39, 0.29) is 0 Å². The van der Waals surface area contributed by atoms with E-state index in [1.807, 2.05) is 6.08 Å². The van der Waals surface area contributed by atoms with Gasteiger partial charge in [0.25, 0.3) is 0 Å². The highest BCUT2D eigenvalue weighted by Crippen LogP contribution is 2.22. The molecular weight excluding hydrogens is 494 g/mol. The Bertz CT molecular complexity index is 620. The van der Waals surface area contributed by atoms with Crippen LogP contribution in [0.1, 0.15) is 130 Å². The van der Waals surface area contributed by atoms with E-state index in [1.54, 1.807) is 20.8 Å². The lowest BCUT2D eigenvalue weighted by Crippen LogP contribution is -2.52. The second-order valence-corrected chi connectivity index (χ2v) is 12.0. The van der Waals surface area contributed by atoms with Gasteiger partial charge in [0.1, 0.15) is 0 Å². The lowest BCUT2D eigenvalue weighted by Gasteiger charge is -2.41. The minimum atomic E-state index is -1.07. The van der Waals surface area contributed by atoms with Gasteiger partial charge in [-0.05, 0) is 25.7 Å². The van der Waals surface area contributed by atoms with E-state index >= 15 is 0 Å². The molecule has 0 rings (SSSR count). The molecule has 0 amide bonds. The van der Waals surface area contributed by atoms with Crippen molar-refractivity contribution in [3.63, 3.8) is 0 Å². The van der Waals surface area contributed by atoms with E-state index in [2.05, 4.69) is 6.58 Å². The Balaban J connectivity index is 4.67. The van der Waals surface area contributed by atoms with Crippen LogP contribution in [0.3, 0.4) is 0 Å². The number of carbonyl (C=O) groups is 3. The molecule has 0 bridgehead atoms. The predicted molar refractivity (Wildman–Crippen MR) is 156 cm³/mol. The zero-order valence-electron chi connectivity index (χ0n) is 25.3. The first-order valence-corrected chi connectivity index (χ1v) is 15.7. The smallest absolute Gasteiger partial charge is 0.306 e. The summed E-state index contributed by atoms with van der Waals surface area (Å²) in [6.07, 6.45) is 20.8. The summed E-state index contributed by atoms with van der Waals surface area (Å²) >= 11 is 0. The van der Waals surface area contributed by atoms with Crippen molar-refractivity contribution >= 4 is 17.9 Å². The fraction of sp³-hybridized carbons (Fsp3) is 0.844. The van der Waals surface area contributed by atoms with Crippen molar-refractivity contribution in [3.8, 4) is 0 Å². The number of hydrogen-bond donors (Lipinski definition) is 2. The van der Waals surface area contributed by atoms with Crippen LogP contribution in [0.4, 0.5) is 0 Å². The van der Waals surface area contributed by atoms with Gasteiger partial charge in [0.15, 0.2) is 0 Å². The summed E-state index contributed by atoms with van der Waals surface area (Å²) in [5, 5.41) is 30.2. The van der Waals surface area contributed by atoms with Gasteiger partial charge in [-0.3, -0.25) is 9.59 Å². The lowest BCUT2D eigenvalue weighted by atomic mass is 10.0. The molecule has 0 saturated heterocycles. The fourth-order valence-corrected chi connectivity index (χ4v) is 5.12. The summed E-state index contributed by atoms with van der Waals surface area (Å²) < 4.78 is 0.584. The average Bonchev–Trinajstić information content (AvgIpc) is 2.90. The third-order valence-electron chi connectivity index (χ3n) is 8.40. The van der Waals surface area contributed by atoms with Crippen LogP contribution in [0.25, 0.3) is 0 Å². The standard InChI is InChI=1S/C32H59NO6/c1-5-6-7-8-9-10-11-12-13-14-15-16-17-18-19-23-33(24-20-27(2)30(34)35,25-21-28(3)31(36)37)26-22-29(4)32(38)39/h5,27-29H,1,6-26H2,2-4H3,(H2-,34,35,36,37,38,39). The van der Waals surface area contributed by atoms with Gasteiger partial charge in [0.2, 0.25) is 0 Å². The molecule has 228 valence electrons. The lowest BCUT2D eigenvalue weighted by molar-refractivity contribution is -0.929. The van der Waals surface area contributed by atoms with Crippen molar-refractivity contribution in [2.45, 2.75) is 130 Å². The van der Waals surface area contributed by atoms with Crippen LogP contribution in [0, 0.1) is 17.8 Å². The van der Waals surface area contributed by atoms with Gasteiger partial charge >= 0.3 is 11.9 Å². The SMILES string of the molecule is C=CCCCCCCCCCCCCCCC[N+](CCC(C)C(=O)[O-])(CCC(C)C(=O)O)CCC(C)C(=O)O. The first-order chi connectivity index (χ1) is 18.5. The van der Waals surface area contributed by atoms with Crippen LogP contribution in [0.2, 0.25) is 0 Å². The van der Waals surface area contributed by atoms with Crippen LogP contribution in [-0.2, 0) is 14.4 Å². The monoisotopic (exact) mass is 553 g/mol. The molecule has 0 spiro atoms. The fourth-order valence-electron chi connectivity index (χ4n) is 5.12. The molecule has 0 aliphatic carbocycles. The second-order valence-electron chi connectivity index (χ2n) is 12.0. The molecule has 0 aliphatic heterocycles. The van der Waals surface area contributed by atoms with Crippen LogP contribution in [0.5, 0.6) is 0 Å². The Labute approximate surface area is 238 Å².